The largest absolute Gasteiger partial charge is 0.384 e. The highest BCUT2D eigenvalue weighted by Crippen LogP contribution is 2.27. The first kappa shape index (κ1) is 14.3. The molecule has 0 fully saturated rings. The number of fused-ring (bicyclic) bond motifs is 1. The van der Waals surface area contributed by atoms with Crippen molar-refractivity contribution >= 4 is 10.9 Å². The van der Waals surface area contributed by atoms with Gasteiger partial charge < -0.3 is 10.1 Å². The van der Waals surface area contributed by atoms with Crippen LogP contribution in [0.25, 0.3) is 10.9 Å². The number of rotatable bonds is 4. The zero-order valence-electron chi connectivity index (χ0n) is 11.8. The van der Waals surface area contributed by atoms with Gasteiger partial charge in [-0.05, 0) is 43.5 Å². The lowest BCUT2D eigenvalue weighted by Crippen LogP contribution is -2.06. The first-order valence-corrected chi connectivity index (χ1v) is 6.61. The SMILES string of the molecule is C=CCc1c(C(O)C=C(C)C)ccc2[nH]c(=O)ccc12. The van der Waals surface area contributed by atoms with Crippen LogP contribution >= 0.6 is 0 Å². The average Bonchev–Trinajstić information content (AvgIpc) is 2.38. The molecule has 0 saturated heterocycles. The number of allylic oxidation sites excluding steroid dienone is 2. The van der Waals surface area contributed by atoms with Crippen molar-refractivity contribution in [2.75, 3.05) is 0 Å². The highest BCUT2D eigenvalue weighted by atomic mass is 16.3. The predicted molar refractivity (Wildman–Crippen MR) is 82.9 cm³/mol. The van der Waals surface area contributed by atoms with E-state index in [1.54, 1.807) is 12.1 Å². The zero-order valence-corrected chi connectivity index (χ0v) is 11.8. The maximum absolute atomic E-state index is 11.4. The number of aliphatic hydroxyl groups is 1. The molecule has 3 heteroatoms. The van der Waals surface area contributed by atoms with Gasteiger partial charge in [0.2, 0.25) is 5.56 Å². The molecule has 104 valence electrons. The maximum atomic E-state index is 11.4. The summed E-state index contributed by atoms with van der Waals surface area (Å²) < 4.78 is 0. The lowest BCUT2D eigenvalue weighted by molar-refractivity contribution is 0.227. The van der Waals surface area contributed by atoms with Crippen LogP contribution in [0, 0.1) is 0 Å². The summed E-state index contributed by atoms with van der Waals surface area (Å²) in [4.78, 5) is 14.2. The Morgan fingerprint density at radius 3 is 2.75 bits per heavy atom. The van der Waals surface area contributed by atoms with E-state index in [4.69, 9.17) is 0 Å². The molecule has 1 aromatic heterocycles. The summed E-state index contributed by atoms with van der Waals surface area (Å²) in [6.07, 6.45) is 3.62. The molecule has 20 heavy (non-hydrogen) atoms. The zero-order chi connectivity index (χ0) is 14.7. The molecular weight excluding hydrogens is 250 g/mol. The van der Waals surface area contributed by atoms with Gasteiger partial charge in [0.25, 0.3) is 0 Å². The van der Waals surface area contributed by atoms with E-state index in [1.807, 2.05) is 32.1 Å². The van der Waals surface area contributed by atoms with Gasteiger partial charge in [-0.3, -0.25) is 4.79 Å². The van der Waals surface area contributed by atoms with E-state index in [-0.39, 0.29) is 5.56 Å². The normalized spacial score (nSPS) is 12.2. The summed E-state index contributed by atoms with van der Waals surface area (Å²) in [6, 6.07) is 7.00. The minimum Gasteiger partial charge on any atom is -0.384 e. The van der Waals surface area contributed by atoms with E-state index in [1.165, 1.54) is 6.07 Å². The van der Waals surface area contributed by atoms with Crippen molar-refractivity contribution in [3.8, 4) is 0 Å². The molecule has 0 bridgehead atoms. The molecule has 1 heterocycles. The van der Waals surface area contributed by atoms with Gasteiger partial charge >= 0.3 is 0 Å². The van der Waals surface area contributed by atoms with Crippen LogP contribution in [-0.4, -0.2) is 10.1 Å². The Bertz CT molecular complexity index is 721. The third-order valence-corrected chi connectivity index (χ3v) is 3.21. The molecule has 0 aliphatic carbocycles. The van der Waals surface area contributed by atoms with Gasteiger partial charge in [-0.1, -0.05) is 23.8 Å². The predicted octanol–water partition coefficient (Wildman–Crippen LogP) is 3.26. The molecule has 2 rings (SSSR count). The summed E-state index contributed by atoms with van der Waals surface area (Å²) in [5, 5.41) is 11.3. The summed E-state index contributed by atoms with van der Waals surface area (Å²) in [5.74, 6) is 0. The van der Waals surface area contributed by atoms with E-state index in [2.05, 4.69) is 11.6 Å². The first-order valence-electron chi connectivity index (χ1n) is 6.61. The molecule has 1 atom stereocenters. The van der Waals surface area contributed by atoms with Crippen molar-refractivity contribution in [2.45, 2.75) is 26.4 Å². The van der Waals surface area contributed by atoms with Gasteiger partial charge in [0.15, 0.2) is 0 Å². The molecule has 2 N–H and O–H groups in total. The number of pyridine rings is 1. The summed E-state index contributed by atoms with van der Waals surface area (Å²) in [5.41, 5.74) is 3.56. The van der Waals surface area contributed by atoms with Crippen molar-refractivity contribution in [3.63, 3.8) is 0 Å². The number of aromatic nitrogens is 1. The fourth-order valence-electron chi connectivity index (χ4n) is 2.37. The van der Waals surface area contributed by atoms with Crippen LogP contribution in [0.1, 0.15) is 31.1 Å². The van der Waals surface area contributed by atoms with E-state index in [0.717, 1.165) is 27.6 Å². The molecular formula is C17H19NO2. The van der Waals surface area contributed by atoms with Gasteiger partial charge in [-0.2, -0.15) is 0 Å². The van der Waals surface area contributed by atoms with Crippen molar-refractivity contribution in [3.05, 3.63) is 70.1 Å². The second-order valence-electron chi connectivity index (χ2n) is 5.10. The Labute approximate surface area is 118 Å². The Kier molecular flexibility index (Phi) is 4.20. The first-order chi connectivity index (χ1) is 9.52. The third kappa shape index (κ3) is 2.89. The fraction of sp³-hybridized carbons (Fsp3) is 0.235. The minimum absolute atomic E-state index is 0.125. The third-order valence-electron chi connectivity index (χ3n) is 3.21. The van der Waals surface area contributed by atoms with Crippen LogP contribution < -0.4 is 5.56 Å². The van der Waals surface area contributed by atoms with Crippen LogP contribution in [-0.2, 0) is 6.42 Å². The van der Waals surface area contributed by atoms with Gasteiger partial charge in [-0.15, -0.1) is 6.58 Å². The number of aliphatic hydroxyl groups excluding tert-OH is 1. The van der Waals surface area contributed by atoms with Crippen LogP contribution in [0.4, 0.5) is 0 Å². The lowest BCUT2D eigenvalue weighted by Gasteiger charge is -2.15. The summed E-state index contributed by atoms with van der Waals surface area (Å²) in [6.45, 7) is 7.68. The van der Waals surface area contributed by atoms with Crippen molar-refractivity contribution in [1.82, 2.24) is 4.98 Å². The monoisotopic (exact) mass is 269 g/mol. The summed E-state index contributed by atoms with van der Waals surface area (Å²) in [7, 11) is 0. The lowest BCUT2D eigenvalue weighted by atomic mass is 9.94. The standard InChI is InChI=1S/C17H19NO2/c1-4-5-12-13-7-9-17(20)18-15(13)8-6-14(12)16(19)10-11(2)3/h4,6-10,16,19H,1,5H2,2-3H3,(H,18,20). The smallest absolute Gasteiger partial charge is 0.248 e. The van der Waals surface area contributed by atoms with E-state index < -0.39 is 6.10 Å². The van der Waals surface area contributed by atoms with Gasteiger partial charge in [-0.25, -0.2) is 0 Å². The summed E-state index contributed by atoms with van der Waals surface area (Å²) >= 11 is 0. The maximum Gasteiger partial charge on any atom is 0.248 e. The van der Waals surface area contributed by atoms with Crippen LogP contribution in [0.15, 0.2) is 53.4 Å². The number of H-pyrrole nitrogens is 1. The van der Waals surface area contributed by atoms with Gasteiger partial charge in [0.05, 0.1) is 6.10 Å². The second-order valence-corrected chi connectivity index (χ2v) is 5.10. The molecule has 0 aliphatic rings. The molecule has 1 aromatic carbocycles. The van der Waals surface area contributed by atoms with E-state index in [0.29, 0.717) is 6.42 Å². The van der Waals surface area contributed by atoms with Crippen LogP contribution in [0.3, 0.4) is 0 Å². The van der Waals surface area contributed by atoms with Crippen LogP contribution in [0.5, 0.6) is 0 Å². The van der Waals surface area contributed by atoms with Crippen molar-refractivity contribution in [1.29, 1.82) is 0 Å². The second kappa shape index (κ2) is 5.88. The number of hydrogen-bond acceptors (Lipinski definition) is 2. The molecule has 1 unspecified atom stereocenters. The van der Waals surface area contributed by atoms with Crippen LogP contribution in [0.2, 0.25) is 0 Å². The van der Waals surface area contributed by atoms with E-state index >= 15 is 0 Å². The van der Waals surface area contributed by atoms with Crippen molar-refractivity contribution < 1.29 is 5.11 Å². The topological polar surface area (TPSA) is 53.1 Å². The number of hydrogen-bond donors (Lipinski definition) is 2. The molecule has 0 spiro atoms. The Morgan fingerprint density at radius 1 is 1.35 bits per heavy atom. The molecule has 3 nitrogen and oxygen atoms in total. The number of nitrogens with one attached hydrogen (secondary N) is 1. The molecule has 0 aliphatic heterocycles. The highest BCUT2D eigenvalue weighted by molar-refractivity contribution is 5.83. The molecule has 0 radical (unpaired) electrons. The fourth-order valence-corrected chi connectivity index (χ4v) is 2.37. The number of aromatic amines is 1. The number of benzene rings is 1. The average molecular weight is 269 g/mol. The quantitative estimate of drug-likeness (QED) is 0.837. The Balaban J connectivity index is 2.68. The highest BCUT2D eigenvalue weighted by Gasteiger charge is 2.12. The molecule has 0 saturated carbocycles. The minimum atomic E-state index is -0.647. The van der Waals surface area contributed by atoms with Crippen molar-refractivity contribution in [2.24, 2.45) is 0 Å². The molecule has 2 aromatic rings. The molecule has 0 amide bonds. The Hall–Kier alpha value is -2.13. The van der Waals surface area contributed by atoms with E-state index in [9.17, 15) is 9.90 Å². The van der Waals surface area contributed by atoms with Gasteiger partial charge in [0, 0.05) is 17.0 Å². The van der Waals surface area contributed by atoms with Gasteiger partial charge in [0.1, 0.15) is 0 Å². The Morgan fingerprint density at radius 2 is 2.10 bits per heavy atom.